The molecule has 1 aromatic rings. The molecule has 1 aromatic carbocycles. The average Bonchev–Trinajstić information content (AvgIpc) is 2.65. The second-order valence-corrected chi connectivity index (χ2v) is 4.69. The number of nitrogens with two attached hydrogens (primary N) is 1. The first kappa shape index (κ1) is 12.2. The predicted molar refractivity (Wildman–Crippen MR) is 64.2 cm³/mol. The Morgan fingerprint density at radius 3 is 3.00 bits per heavy atom. The van der Waals surface area contributed by atoms with E-state index in [-0.39, 0.29) is 13.2 Å². The first-order chi connectivity index (χ1) is 8.00. The van der Waals surface area contributed by atoms with Crippen LogP contribution in [0.1, 0.15) is 23.6 Å². The third-order valence-electron chi connectivity index (χ3n) is 2.67. The monoisotopic (exact) mass is 301 g/mol. The molecule has 92 valence electrons. The zero-order chi connectivity index (χ0) is 12.6. The predicted octanol–water partition coefficient (Wildman–Crippen LogP) is 1.96. The fourth-order valence-corrected chi connectivity index (χ4v) is 2.29. The van der Waals surface area contributed by atoms with Gasteiger partial charge in [0.15, 0.2) is 11.5 Å². The van der Waals surface area contributed by atoms with Crippen molar-refractivity contribution in [3.05, 3.63) is 21.7 Å². The van der Waals surface area contributed by atoms with Gasteiger partial charge in [0.05, 0.1) is 6.42 Å². The normalized spacial score (nSPS) is 14.8. The van der Waals surface area contributed by atoms with E-state index in [1.54, 1.807) is 6.07 Å². The number of carbonyl (C=O) groups is 1. The molecule has 5 nitrogen and oxygen atoms in total. The Kier molecular flexibility index (Phi) is 3.26. The molecule has 1 aliphatic heterocycles. The van der Waals surface area contributed by atoms with Gasteiger partial charge in [-0.25, -0.2) is 0 Å². The van der Waals surface area contributed by atoms with E-state index in [2.05, 4.69) is 15.9 Å². The Morgan fingerprint density at radius 2 is 2.35 bits per heavy atom. The lowest BCUT2D eigenvalue weighted by Crippen LogP contribution is -2.17. The SMILES string of the molecule is Cc1c(Br)cc2c(c1C(N)CC(=O)O)OCO2. The van der Waals surface area contributed by atoms with Gasteiger partial charge in [0.2, 0.25) is 6.79 Å². The number of ether oxygens (including phenoxy) is 2. The number of carboxylic acid groups (broad SMARTS) is 1. The van der Waals surface area contributed by atoms with Crippen LogP contribution in [0.3, 0.4) is 0 Å². The number of carboxylic acids is 1. The molecule has 1 atom stereocenters. The Labute approximate surface area is 107 Å². The van der Waals surface area contributed by atoms with Gasteiger partial charge in [-0.2, -0.15) is 0 Å². The molecule has 1 aliphatic rings. The minimum absolute atomic E-state index is 0.137. The third kappa shape index (κ3) is 2.23. The molecule has 6 heteroatoms. The molecule has 0 spiro atoms. The lowest BCUT2D eigenvalue weighted by Gasteiger charge is -2.16. The standard InChI is InChI=1S/C11H12BrNO4/c1-5-6(12)2-8-11(17-4-16-8)10(5)7(13)3-9(14)15/h2,7H,3-4,13H2,1H3,(H,14,15). The van der Waals surface area contributed by atoms with Crippen molar-refractivity contribution in [2.24, 2.45) is 5.73 Å². The van der Waals surface area contributed by atoms with Crippen molar-refractivity contribution in [1.82, 2.24) is 0 Å². The van der Waals surface area contributed by atoms with Gasteiger partial charge in [-0.1, -0.05) is 15.9 Å². The van der Waals surface area contributed by atoms with Crippen LogP contribution in [-0.4, -0.2) is 17.9 Å². The number of hydrogen-bond donors (Lipinski definition) is 2. The van der Waals surface area contributed by atoms with E-state index in [1.165, 1.54) is 0 Å². The summed E-state index contributed by atoms with van der Waals surface area (Å²) in [4.78, 5) is 10.7. The summed E-state index contributed by atoms with van der Waals surface area (Å²) >= 11 is 3.40. The second kappa shape index (κ2) is 4.54. The molecule has 0 bridgehead atoms. The molecular weight excluding hydrogens is 290 g/mol. The van der Waals surface area contributed by atoms with Gasteiger partial charge in [0.1, 0.15) is 0 Å². The van der Waals surface area contributed by atoms with Crippen LogP contribution in [0.15, 0.2) is 10.5 Å². The molecule has 0 saturated carbocycles. The van der Waals surface area contributed by atoms with E-state index in [1.807, 2.05) is 6.92 Å². The van der Waals surface area contributed by atoms with E-state index >= 15 is 0 Å². The van der Waals surface area contributed by atoms with Crippen molar-refractivity contribution in [2.45, 2.75) is 19.4 Å². The highest BCUT2D eigenvalue weighted by Crippen LogP contribution is 2.43. The highest BCUT2D eigenvalue weighted by atomic mass is 79.9. The quantitative estimate of drug-likeness (QED) is 0.892. The molecule has 0 aromatic heterocycles. The second-order valence-electron chi connectivity index (χ2n) is 3.84. The Balaban J connectivity index is 2.48. The Bertz CT molecular complexity index is 475. The van der Waals surface area contributed by atoms with Crippen LogP contribution in [0.4, 0.5) is 0 Å². The summed E-state index contributed by atoms with van der Waals surface area (Å²) in [5.74, 6) is 0.210. The summed E-state index contributed by atoms with van der Waals surface area (Å²) in [7, 11) is 0. The fourth-order valence-electron chi connectivity index (χ4n) is 1.87. The van der Waals surface area contributed by atoms with Crippen molar-refractivity contribution < 1.29 is 19.4 Å². The van der Waals surface area contributed by atoms with E-state index in [9.17, 15) is 4.79 Å². The molecule has 0 aliphatic carbocycles. The Morgan fingerprint density at radius 1 is 1.65 bits per heavy atom. The van der Waals surface area contributed by atoms with Crippen molar-refractivity contribution in [1.29, 1.82) is 0 Å². The molecule has 0 saturated heterocycles. The highest BCUT2D eigenvalue weighted by Gasteiger charge is 2.26. The van der Waals surface area contributed by atoms with Gasteiger partial charge in [-0.3, -0.25) is 4.79 Å². The molecule has 2 rings (SSSR count). The minimum atomic E-state index is -0.940. The van der Waals surface area contributed by atoms with Gasteiger partial charge < -0.3 is 20.3 Å². The summed E-state index contributed by atoms with van der Waals surface area (Å²) < 4.78 is 11.5. The molecule has 1 heterocycles. The first-order valence-corrected chi connectivity index (χ1v) is 5.86. The van der Waals surface area contributed by atoms with E-state index in [0.29, 0.717) is 17.1 Å². The van der Waals surface area contributed by atoms with Gasteiger partial charge in [-0.15, -0.1) is 0 Å². The molecule has 0 fully saturated rings. The minimum Gasteiger partial charge on any atom is -0.481 e. The smallest absolute Gasteiger partial charge is 0.305 e. The van der Waals surface area contributed by atoms with Crippen LogP contribution >= 0.6 is 15.9 Å². The number of aliphatic carboxylic acids is 1. The third-order valence-corrected chi connectivity index (χ3v) is 3.50. The number of fused-ring (bicyclic) bond motifs is 1. The number of halogens is 1. The zero-order valence-electron chi connectivity index (χ0n) is 9.20. The van der Waals surface area contributed by atoms with E-state index in [0.717, 1.165) is 10.0 Å². The van der Waals surface area contributed by atoms with Crippen LogP contribution in [0.5, 0.6) is 11.5 Å². The summed E-state index contributed by atoms with van der Waals surface area (Å²) in [6.45, 7) is 2.00. The molecule has 0 amide bonds. The van der Waals surface area contributed by atoms with Crippen LogP contribution in [0.2, 0.25) is 0 Å². The average molecular weight is 302 g/mol. The Hall–Kier alpha value is -1.27. The summed E-state index contributed by atoms with van der Waals surface area (Å²) in [5.41, 5.74) is 7.47. The lowest BCUT2D eigenvalue weighted by atomic mass is 9.98. The van der Waals surface area contributed by atoms with Crippen LogP contribution < -0.4 is 15.2 Å². The van der Waals surface area contributed by atoms with Crippen molar-refractivity contribution in [3.8, 4) is 11.5 Å². The van der Waals surface area contributed by atoms with Gasteiger partial charge in [0, 0.05) is 16.1 Å². The van der Waals surface area contributed by atoms with Crippen molar-refractivity contribution in [3.63, 3.8) is 0 Å². The summed E-state index contributed by atoms with van der Waals surface area (Å²) in [6, 6.07) is 1.19. The topological polar surface area (TPSA) is 81.8 Å². The first-order valence-electron chi connectivity index (χ1n) is 5.06. The van der Waals surface area contributed by atoms with Crippen LogP contribution in [0, 0.1) is 6.92 Å². The molecular formula is C11H12BrNO4. The number of benzene rings is 1. The zero-order valence-corrected chi connectivity index (χ0v) is 10.8. The fraction of sp³-hybridized carbons (Fsp3) is 0.364. The molecule has 1 unspecified atom stereocenters. The van der Waals surface area contributed by atoms with Crippen LogP contribution in [0.25, 0.3) is 0 Å². The van der Waals surface area contributed by atoms with Gasteiger partial charge >= 0.3 is 5.97 Å². The maximum atomic E-state index is 10.7. The lowest BCUT2D eigenvalue weighted by molar-refractivity contribution is -0.137. The number of hydrogen-bond acceptors (Lipinski definition) is 4. The molecule has 3 N–H and O–H groups in total. The van der Waals surface area contributed by atoms with E-state index < -0.39 is 12.0 Å². The molecule has 0 radical (unpaired) electrons. The number of rotatable bonds is 3. The maximum Gasteiger partial charge on any atom is 0.305 e. The van der Waals surface area contributed by atoms with Crippen molar-refractivity contribution in [2.75, 3.05) is 6.79 Å². The van der Waals surface area contributed by atoms with E-state index in [4.69, 9.17) is 20.3 Å². The highest BCUT2D eigenvalue weighted by molar-refractivity contribution is 9.10. The summed E-state index contributed by atoms with van der Waals surface area (Å²) in [5, 5.41) is 8.79. The summed E-state index contributed by atoms with van der Waals surface area (Å²) in [6.07, 6.45) is -0.146. The van der Waals surface area contributed by atoms with Gasteiger partial charge in [-0.05, 0) is 18.6 Å². The van der Waals surface area contributed by atoms with Gasteiger partial charge in [0.25, 0.3) is 0 Å². The molecule has 17 heavy (non-hydrogen) atoms. The maximum absolute atomic E-state index is 10.7. The van der Waals surface area contributed by atoms with Crippen LogP contribution in [-0.2, 0) is 4.79 Å². The van der Waals surface area contributed by atoms with Crippen molar-refractivity contribution >= 4 is 21.9 Å². The largest absolute Gasteiger partial charge is 0.481 e.